The average Bonchev–Trinajstić information content (AvgIpc) is 2.76. The Kier molecular flexibility index (Phi) is 3.84. The molecule has 1 N–H and O–H groups in total. The van der Waals surface area contributed by atoms with E-state index in [0.717, 1.165) is 12.3 Å². The molecule has 0 saturated heterocycles. The molecule has 0 aliphatic carbocycles. The Balaban J connectivity index is 0.000000187. The van der Waals surface area contributed by atoms with E-state index in [9.17, 15) is 13.2 Å². The number of hydrogen-bond acceptors (Lipinski definition) is 2. The topological polar surface area (TPSA) is 41.6 Å². The highest BCUT2D eigenvalue weighted by atomic mass is 19.4. The summed E-state index contributed by atoms with van der Waals surface area (Å²) in [5, 5.41) is 6.21. The van der Waals surface area contributed by atoms with Gasteiger partial charge in [0, 0.05) is 18.6 Å². The molecule has 2 rings (SSSR count). The van der Waals surface area contributed by atoms with Crippen molar-refractivity contribution in [3.8, 4) is 0 Å². The number of aromatic amines is 1. The Morgan fingerprint density at radius 2 is 1.87 bits per heavy atom. The summed E-state index contributed by atoms with van der Waals surface area (Å²) < 4.78 is 35.2. The fourth-order valence-corrected chi connectivity index (χ4v) is 0.746. The van der Waals surface area contributed by atoms with Gasteiger partial charge in [-0.3, -0.25) is 10.1 Å². The second kappa shape index (κ2) is 5.14. The molecule has 0 fully saturated rings. The molecule has 0 atom stereocenters. The van der Waals surface area contributed by atoms with E-state index in [1.807, 2.05) is 6.07 Å². The number of alkyl halides is 3. The van der Waals surface area contributed by atoms with Crippen LogP contribution in [0.2, 0.25) is 0 Å². The van der Waals surface area contributed by atoms with Crippen molar-refractivity contribution in [1.29, 1.82) is 0 Å². The van der Waals surface area contributed by atoms with E-state index in [2.05, 4.69) is 15.2 Å². The molecule has 2 aromatic rings. The normalized spacial score (nSPS) is 10.3. The van der Waals surface area contributed by atoms with Crippen molar-refractivity contribution >= 4 is 0 Å². The fraction of sp³-hybridized carbons (Fsp3) is 0.111. The molecule has 0 bridgehead atoms. The Morgan fingerprint density at radius 1 is 1.07 bits per heavy atom. The van der Waals surface area contributed by atoms with Crippen molar-refractivity contribution in [2.75, 3.05) is 0 Å². The van der Waals surface area contributed by atoms with Gasteiger partial charge in [0.05, 0.1) is 0 Å². The third-order valence-electron chi connectivity index (χ3n) is 1.36. The predicted octanol–water partition coefficient (Wildman–Crippen LogP) is 2.51. The van der Waals surface area contributed by atoms with Crippen LogP contribution in [0.25, 0.3) is 0 Å². The summed E-state index contributed by atoms with van der Waals surface area (Å²) in [7, 11) is 0. The van der Waals surface area contributed by atoms with Crippen LogP contribution in [-0.2, 0) is 6.18 Å². The molecule has 2 heterocycles. The van der Waals surface area contributed by atoms with Gasteiger partial charge >= 0.3 is 6.18 Å². The number of aromatic nitrogens is 3. The molecule has 6 heteroatoms. The van der Waals surface area contributed by atoms with Gasteiger partial charge in [0.2, 0.25) is 0 Å². The van der Waals surface area contributed by atoms with E-state index >= 15 is 0 Å². The maximum atomic E-state index is 11.7. The first-order valence-corrected chi connectivity index (χ1v) is 4.02. The first-order valence-electron chi connectivity index (χ1n) is 4.02. The predicted molar refractivity (Wildman–Crippen MR) is 47.8 cm³/mol. The lowest BCUT2D eigenvalue weighted by Gasteiger charge is -2.02. The number of H-pyrrole nitrogens is 1. The van der Waals surface area contributed by atoms with Gasteiger partial charge in [-0.1, -0.05) is 6.07 Å². The summed E-state index contributed by atoms with van der Waals surface area (Å²) >= 11 is 0. The molecule has 0 aliphatic rings. The molecular formula is C9H8F3N3. The van der Waals surface area contributed by atoms with Crippen LogP contribution >= 0.6 is 0 Å². The van der Waals surface area contributed by atoms with Crippen molar-refractivity contribution in [2.45, 2.75) is 6.18 Å². The molecule has 0 aromatic carbocycles. The van der Waals surface area contributed by atoms with Gasteiger partial charge in [-0.2, -0.15) is 18.3 Å². The smallest absolute Gasteiger partial charge is 0.286 e. The van der Waals surface area contributed by atoms with Crippen molar-refractivity contribution in [3.63, 3.8) is 0 Å². The zero-order chi connectivity index (χ0) is 11.1. The molecule has 0 radical (unpaired) electrons. The maximum Gasteiger partial charge on any atom is 0.433 e. The second-order valence-electron chi connectivity index (χ2n) is 2.48. The molecule has 3 nitrogen and oxygen atoms in total. The van der Waals surface area contributed by atoms with Crippen LogP contribution in [0.4, 0.5) is 13.2 Å². The number of rotatable bonds is 0. The summed E-state index contributed by atoms with van der Waals surface area (Å²) in [4.78, 5) is 3.12. The Labute approximate surface area is 84.0 Å². The number of nitrogens with zero attached hydrogens (tertiary/aromatic N) is 2. The average molecular weight is 215 g/mol. The lowest BCUT2D eigenvalue weighted by molar-refractivity contribution is -0.141. The van der Waals surface area contributed by atoms with Crippen molar-refractivity contribution in [2.24, 2.45) is 0 Å². The van der Waals surface area contributed by atoms with Gasteiger partial charge in [-0.05, 0) is 18.2 Å². The summed E-state index contributed by atoms with van der Waals surface area (Å²) in [6, 6.07) is 5.51. The van der Waals surface area contributed by atoms with Crippen LogP contribution in [-0.4, -0.2) is 15.2 Å². The quantitative estimate of drug-likeness (QED) is 0.733. The van der Waals surface area contributed by atoms with Crippen LogP contribution < -0.4 is 0 Å². The molecule has 0 spiro atoms. The Morgan fingerprint density at radius 3 is 2.13 bits per heavy atom. The lowest BCUT2D eigenvalue weighted by Crippen LogP contribution is -2.06. The zero-order valence-corrected chi connectivity index (χ0v) is 7.57. The largest absolute Gasteiger partial charge is 0.433 e. The highest BCUT2D eigenvalue weighted by molar-refractivity contribution is 5.06. The van der Waals surface area contributed by atoms with Crippen molar-refractivity contribution in [3.05, 3.63) is 48.5 Å². The van der Waals surface area contributed by atoms with Gasteiger partial charge < -0.3 is 0 Å². The van der Waals surface area contributed by atoms with E-state index in [4.69, 9.17) is 0 Å². The minimum absolute atomic E-state index is 0.852. The van der Waals surface area contributed by atoms with Gasteiger partial charge in [0.15, 0.2) is 0 Å². The number of halogens is 3. The third-order valence-corrected chi connectivity index (χ3v) is 1.36. The molecular weight excluding hydrogens is 207 g/mol. The molecule has 0 amide bonds. The highest BCUT2D eigenvalue weighted by Crippen LogP contribution is 2.26. The molecule has 80 valence electrons. The molecule has 0 saturated carbocycles. The second-order valence-corrected chi connectivity index (χ2v) is 2.48. The third kappa shape index (κ3) is 4.26. The summed E-state index contributed by atoms with van der Waals surface area (Å²) in [5.41, 5.74) is -0.852. The monoisotopic (exact) mass is 215 g/mol. The molecule has 2 aromatic heterocycles. The van der Waals surface area contributed by atoms with Crippen LogP contribution in [0, 0.1) is 0 Å². The number of pyridine rings is 1. The van der Waals surface area contributed by atoms with Gasteiger partial charge in [0.25, 0.3) is 0 Å². The van der Waals surface area contributed by atoms with E-state index < -0.39 is 11.9 Å². The summed E-state index contributed by atoms with van der Waals surface area (Å²) in [6.07, 6.45) is 0.254. The van der Waals surface area contributed by atoms with Crippen LogP contribution in [0.15, 0.2) is 42.9 Å². The standard InChI is InChI=1S/C6H4F3N.C3H4N2/c7-6(8,9)5-3-1-2-4-10-5;1-2-4-5-3-1/h1-4H;1-3H,(H,4,5). The van der Waals surface area contributed by atoms with Crippen molar-refractivity contribution < 1.29 is 13.2 Å². The van der Waals surface area contributed by atoms with E-state index in [0.29, 0.717) is 0 Å². The Hall–Kier alpha value is -1.85. The summed E-state index contributed by atoms with van der Waals surface area (Å²) in [5.74, 6) is 0. The van der Waals surface area contributed by atoms with E-state index in [-0.39, 0.29) is 0 Å². The highest BCUT2D eigenvalue weighted by Gasteiger charge is 2.31. The van der Waals surface area contributed by atoms with E-state index in [1.54, 1.807) is 12.4 Å². The fourth-order valence-electron chi connectivity index (χ4n) is 0.746. The van der Waals surface area contributed by atoms with Crippen LogP contribution in [0.1, 0.15) is 5.69 Å². The zero-order valence-electron chi connectivity index (χ0n) is 7.57. The van der Waals surface area contributed by atoms with E-state index in [1.165, 1.54) is 12.1 Å². The first-order chi connectivity index (χ1) is 7.11. The minimum Gasteiger partial charge on any atom is -0.286 e. The molecule has 0 unspecified atom stereocenters. The minimum atomic E-state index is -4.32. The van der Waals surface area contributed by atoms with Gasteiger partial charge in [-0.25, -0.2) is 0 Å². The molecule has 0 aliphatic heterocycles. The first kappa shape index (κ1) is 11.2. The SMILES string of the molecule is FC(F)(F)c1ccccn1.c1cn[nH]c1. The van der Waals surface area contributed by atoms with Crippen molar-refractivity contribution in [1.82, 2.24) is 15.2 Å². The Bertz CT molecular complexity index is 339. The summed E-state index contributed by atoms with van der Waals surface area (Å²) in [6.45, 7) is 0. The van der Waals surface area contributed by atoms with Crippen LogP contribution in [0.5, 0.6) is 0 Å². The lowest BCUT2D eigenvalue weighted by atomic mass is 10.3. The van der Waals surface area contributed by atoms with Gasteiger partial charge in [-0.15, -0.1) is 0 Å². The number of hydrogen-bond donors (Lipinski definition) is 1. The number of nitrogens with one attached hydrogen (secondary N) is 1. The maximum absolute atomic E-state index is 11.7. The molecule has 15 heavy (non-hydrogen) atoms. The van der Waals surface area contributed by atoms with Gasteiger partial charge in [0.1, 0.15) is 5.69 Å². The van der Waals surface area contributed by atoms with Crippen LogP contribution in [0.3, 0.4) is 0 Å².